The lowest BCUT2D eigenvalue weighted by molar-refractivity contribution is -0.360. The Hall–Kier alpha value is -3.96. The van der Waals surface area contributed by atoms with Gasteiger partial charge in [-0.1, -0.05) is 30.3 Å². The summed E-state index contributed by atoms with van der Waals surface area (Å²) in [7, 11) is 0. The van der Waals surface area contributed by atoms with Gasteiger partial charge in [0.15, 0.2) is 12.2 Å². The summed E-state index contributed by atoms with van der Waals surface area (Å²) >= 11 is 0. The van der Waals surface area contributed by atoms with Crippen molar-refractivity contribution in [1.29, 1.82) is 0 Å². The first-order chi connectivity index (χ1) is 18.9. The van der Waals surface area contributed by atoms with Gasteiger partial charge < -0.3 is 33.5 Å². The molecule has 5 atom stereocenters. The lowest BCUT2D eigenvalue weighted by Gasteiger charge is -2.48. The zero-order valence-corrected chi connectivity index (χ0v) is 23.1. The smallest absolute Gasteiger partial charge is 0.303 e. The Morgan fingerprint density at radius 1 is 0.825 bits per heavy atom. The second kappa shape index (κ2) is 13.4. The number of carbonyl (C=O) groups excluding carboxylic acids is 4. The third-order valence-electron chi connectivity index (χ3n) is 6.04. The van der Waals surface area contributed by atoms with Crippen LogP contribution < -0.4 is 4.74 Å². The van der Waals surface area contributed by atoms with Crippen LogP contribution in [-0.2, 0) is 55.1 Å². The highest BCUT2D eigenvalue weighted by Gasteiger charge is 2.60. The molecule has 11 heteroatoms. The number of ether oxygens (including phenoxy) is 6. The molecule has 1 fully saturated rings. The molecule has 2 aromatic rings. The van der Waals surface area contributed by atoms with Gasteiger partial charge in [-0.3, -0.25) is 19.2 Å². The van der Waals surface area contributed by atoms with E-state index >= 15 is 0 Å². The van der Waals surface area contributed by atoms with E-state index in [4.69, 9.17) is 28.4 Å². The van der Waals surface area contributed by atoms with Crippen molar-refractivity contribution in [1.82, 2.24) is 0 Å². The topological polar surface area (TPSA) is 144 Å². The second-order valence-electron chi connectivity index (χ2n) is 9.29. The maximum atomic E-state index is 12.2. The first-order valence-electron chi connectivity index (χ1n) is 12.8. The minimum atomic E-state index is -2.39. The summed E-state index contributed by atoms with van der Waals surface area (Å²) < 4.78 is 32.9. The molecule has 216 valence electrons. The normalized spacial score (nSPS) is 23.9. The Bertz CT molecular complexity index is 1210. The van der Waals surface area contributed by atoms with Gasteiger partial charge in [0.2, 0.25) is 11.9 Å². The standard InChI is InChI=1S/C29H34O11/c1-6-35-24-12-10-21(11-13-24)14-22-8-7-9-23(15-22)29(34)28(39-20(5)33)27(38-19(4)32)26(37-18(3)31)25(40-29)16-36-17(2)30/h7-13,15,25-28,34H,6,14,16H2,1-5H3/t25-,26-,27+,28-,29-/m1/s1. The highest BCUT2D eigenvalue weighted by atomic mass is 16.7. The van der Waals surface area contributed by atoms with E-state index in [-0.39, 0.29) is 5.56 Å². The van der Waals surface area contributed by atoms with Crippen molar-refractivity contribution in [2.45, 2.75) is 71.2 Å². The van der Waals surface area contributed by atoms with Crippen molar-refractivity contribution in [2.75, 3.05) is 13.2 Å². The van der Waals surface area contributed by atoms with E-state index in [2.05, 4.69) is 0 Å². The molecular formula is C29H34O11. The van der Waals surface area contributed by atoms with Crippen LogP contribution >= 0.6 is 0 Å². The van der Waals surface area contributed by atoms with Crippen LogP contribution in [0, 0.1) is 0 Å². The van der Waals surface area contributed by atoms with Crippen molar-refractivity contribution in [3.63, 3.8) is 0 Å². The summed E-state index contributed by atoms with van der Waals surface area (Å²) in [5.74, 6) is -4.66. The number of hydrogen-bond acceptors (Lipinski definition) is 11. The summed E-state index contributed by atoms with van der Waals surface area (Å²) in [6.07, 6.45) is -5.33. The third-order valence-corrected chi connectivity index (χ3v) is 6.04. The molecule has 0 unspecified atom stereocenters. The van der Waals surface area contributed by atoms with Crippen LogP contribution in [0.25, 0.3) is 0 Å². The van der Waals surface area contributed by atoms with E-state index < -0.39 is 60.7 Å². The molecule has 3 rings (SSSR count). The average Bonchev–Trinajstić information content (AvgIpc) is 2.87. The first kappa shape index (κ1) is 30.6. The van der Waals surface area contributed by atoms with Crippen LogP contribution in [-0.4, -0.2) is 66.6 Å². The minimum absolute atomic E-state index is 0.174. The van der Waals surface area contributed by atoms with Gasteiger partial charge in [-0.2, -0.15) is 0 Å². The molecule has 11 nitrogen and oxygen atoms in total. The summed E-state index contributed by atoms with van der Waals surface area (Å²) in [6, 6.07) is 14.3. The van der Waals surface area contributed by atoms with Crippen molar-refractivity contribution in [3.8, 4) is 5.75 Å². The van der Waals surface area contributed by atoms with E-state index in [1.165, 1.54) is 6.92 Å². The van der Waals surface area contributed by atoms with Crippen molar-refractivity contribution < 1.29 is 52.7 Å². The molecule has 0 radical (unpaired) electrons. The molecule has 40 heavy (non-hydrogen) atoms. The van der Waals surface area contributed by atoms with Crippen molar-refractivity contribution >= 4 is 23.9 Å². The lowest BCUT2D eigenvalue weighted by Crippen LogP contribution is -2.66. The number of hydrogen-bond donors (Lipinski definition) is 1. The summed E-state index contributed by atoms with van der Waals surface area (Å²) in [5, 5.41) is 12.0. The van der Waals surface area contributed by atoms with E-state index in [9.17, 15) is 24.3 Å². The van der Waals surface area contributed by atoms with Crippen LogP contribution in [0.1, 0.15) is 51.3 Å². The maximum Gasteiger partial charge on any atom is 0.303 e. The zero-order valence-electron chi connectivity index (χ0n) is 23.1. The van der Waals surface area contributed by atoms with E-state index in [1.54, 1.807) is 18.2 Å². The fourth-order valence-electron chi connectivity index (χ4n) is 4.52. The number of rotatable bonds is 10. The van der Waals surface area contributed by atoms with Crippen molar-refractivity contribution in [2.24, 2.45) is 0 Å². The van der Waals surface area contributed by atoms with Gasteiger partial charge >= 0.3 is 23.9 Å². The Labute approximate surface area is 232 Å². The Morgan fingerprint density at radius 3 is 2.02 bits per heavy atom. The molecule has 1 N–H and O–H groups in total. The molecule has 1 saturated heterocycles. The molecule has 1 heterocycles. The summed E-state index contributed by atoms with van der Waals surface area (Å²) in [6.45, 7) is 6.52. The molecule has 0 bridgehead atoms. The molecule has 0 saturated carbocycles. The predicted molar refractivity (Wildman–Crippen MR) is 139 cm³/mol. The molecule has 0 spiro atoms. The van der Waals surface area contributed by atoms with Crippen LogP contribution in [0.5, 0.6) is 5.75 Å². The Kier molecular flexibility index (Phi) is 10.2. The fourth-order valence-corrected chi connectivity index (χ4v) is 4.52. The molecule has 2 aromatic carbocycles. The maximum absolute atomic E-state index is 12.2. The number of esters is 4. The Morgan fingerprint density at radius 2 is 1.45 bits per heavy atom. The van der Waals surface area contributed by atoms with E-state index in [0.717, 1.165) is 37.6 Å². The zero-order chi connectivity index (χ0) is 29.4. The highest BCUT2D eigenvalue weighted by molar-refractivity contribution is 5.69. The van der Waals surface area contributed by atoms with Gasteiger partial charge in [0, 0.05) is 33.3 Å². The quantitative estimate of drug-likeness (QED) is 0.339. The monoisotopic (exact) mass is 558 g/mol. The fraction of sp³-hybridized carbons (Fsp3) is 0.448. The SMILES string of the molecule is CCOc1ccc(Cc2cccc([C@@]3(O)O[C@H](COC(C)=O)[C@@H](OC(C)=O)[C@H](OC(C)=O)[C@H]3OC(C)=O)c2)cc1. The van der Waals surface area contributed by atoms with Crippen LogP contribution in [0.15, 0.2) is 48.5 Å². The molecule has 0 aromatic heterocycles. The van der Waals surface area contributed by atoms with Crippen molar-refractivity contribution in [3.05, 3.63) is 65.2 Å². The van der Waals surface area contributed by atoms with Gasteiger partial charge in [-0.25, -0.2) is 0 Å². The summed E-state index contributed by atoms with van der Waals surface area (Å²) in [5.41, 5.74) is 1.92. The largest absolute Gasteiger partial charge is 0.494 e. The second-order valence-corrected chi connectivity index (χ2v) is 9.29. The Balaban J connectivity index is 2.05. The van der Waals surface area contributed by atoms with Gasteiger partial charge in [-0.05, 0) is 42.7 Å². The van der Waals surface area contributed by atoms with Crippen LogP contribution in [0.2, 0.25) is 0 Å². The van der Waals surface area contributed by atoms with Gasteiger partial charge in [-0.15, -0.1) is 0 Å². The van der Waals surface area contributed by atoms with Gasteiger partial charge in [0.05, 0.1) is 6.61 Å². The van der Waals surface area contributed by atoms with E-state index in [1.807, 2.05) is 37.3 Å². The minimum Gasteiger partial charge on any atom is -0.494 e. The highest BCUT2D eigenvalue weighted by Crippen LogP contribution is 2.41. The van der Waals surface area contributed by atoms with Gasteiger partial charge in [0.25, 0.3) is 0 Å². The number of benzene rings is 2. The number of carbonyl (C=O) groups is 4. The van der Waals surface area contributed by atoms with Crippen LogP contribution in [0.3, 0.4) is 0 Å². The number of aliphatic hydroxyl groups is 1. The molecule has 0 aliphatic carbocycles. The lowest BCUT2D eigenvalue weighted by atomic mass is 9.86. The summed E-state index contributed by atoms with van der Waals surface area (Å²) in [4.78, 5) is 47.8. The molecular weight excluding hydrogens is 524 g/mol. The van der Waals surface area contributed by atoms with Crippen LogP contribution in [0.4, 0.5) is 0 Å². The predicted octanol–water partition coefficient (Wildman–Crippen LogP) is 2.58. The molecule has 0 amide bonds. The van der Waals surface area contributed by atoms with E-state index in [0.29, 0.717) is 13.0 Å². The first-order valence-corrected chi connectivity index (χ1v) is 12.8. The molecule has 1 aliphatic heterocycles. The van der Waals surface area contributed by atoms with Gasteiger partial charge in [0.1, 0.15) is 18.5 Å². The molecule has 1 aliphatic rings. The average molecular weight is 559 g/mol. The third kappa shape index (κ3) is 7.80.